The van der Waals surface area contributed by atoms with Gasteiger partial charge in [-0.3, -0.25) is 20.0 Å². The molecule has 0 aliphatic heterocycles. The summed E-state index contributed by atoms with van der Waals surface area (Å²) in [6, 6.07) is 15.5. The van der Waals surface area contributed by atoms with Crippen molar-refractivity contribution >= 4 is 23.6 Å². The number of anilines is 1. The molecule has 10 heteroatoms. The van der Waals surface area contributed by atoms with E-state index in [-0.39, 0.29) is 18.2 Å². The summed E-state index contributed by atoms with van der Waals surface area (Å²) in [7, 11) is 0. The highest BCUT2D eigenvalue weighted by Crippen LogP contribution is 2.44. The third kappa shape index (κ3) is 3.59. The Morgan fingerprint density at radius 3 is 2.29 bits per heavy atom. The first-order chi connectivity index (χ1) is 14.9. The second kappa shape index (κ2) is 7.90. The summed E-state index contributed by atoms with van der Waals surface area (Å²) >= 11 is 0. The van der Waals surface area contributed by atoms with Crippen molar-refractivity contribution in [3.8, 4) is 11.1 Å². The quantitative estimate of drug-likeness (QED) is 0.458. The molecule has 10 nitrogen and oxygen atoms in total. The van der Waals surface area contributed by atoms with Gasteiger partial charge in [-0.15, -0.1) is 5.10 Å². The number of H-pyrrole nitrogens is 1. The zero-order valence-electron chi connectivity index (χ0n) is 16.4. The molecule has 2 aromatic carbocycles. The molecule has 2 N–H and O–H groups in total. The van der Waals surface area contributed by atoms with Gasteiger partial charge in [0.15, 0.2) is 0 Å². The Kier molecular flexibility index (Phi) is 5.12. The molecule has 1 heterocycles. The number of rotatable bonds is 6. The number of amides is 1. The van der Waals surface area contributed by atoms with Gasteiger partial charge in [0.1, 0.15) is 18.8 Å². The molecular formula is C21H18N4O6. The molecule has 1 aromatic heterocycles. The number of aromatic nitrogens is 2. The number of fused-ring (bicyclic) bond motifs is 3. The van der Waals surface area contributed by atoms with Crippen molar-refractivity contribution in [1.29, 1.82) is 0 Å². The summed E-state index contributed by atoms with van der Waals surface area (Å²) in [5.74, 6) is -2.00. The lowest BCUT2D eigenvalue weighted by molar-refractivity contribution is -0.384. The fourth-order valence-electron chi connectivity index (χ4n) is 3.85. The van der Waals surface area contributed by atoms with Crippen molar-refractivity contribution < 1.29 is 24.4 Å². The van der Waals surface area contributed by atoms with Crippen molar-refractivity contribution in [3.63, 3.8) is 0 Å². The van der Waals surface area contributed by atoms with E-state index in [1.165, 1.54) is 6.92 Å². The van der Waals surface area contributed by atoms with Crippen molar-refractivity contribution in [1.82, 2.24) is 10.2 Å². The summed E-state index contributed by atoms with van der Waals surface area (Å²) in [6.45, 7) is 0.521. The normalized spacial score (nSPS) is 12.2. The lowest BCUT2D eigenvalue weighted by atomic mass is 9.98. The number of nitro groups is 1. The van der Waals surface area contributed by atoms with Crippen LogP contribution in [0.5, 0.6) is 0 Å². The van der Waals surface area contributed by atoms with Crippen molar-refractivity contribution in [2.75, 3.05) is 18.1 Å². The van der Waals surface area contributed by atoms with Crippen molar-refractivity contribution in [2.24, 2.45) is 0 Å². The van der Waals surface area contributed by atoms with Gasteiger partial charge in [-0.2, -0.15) is 0 Å². The second-order valence-corrected chi connectivity index (χ2v) is 7.06. The molecule has 1 amide bonds. The number of carbonyl (C=O) groups is 2. The number of nitrogens with one attached hydrogen (secondary N) is 1. The van der Waals surface area contributed by atoms with E-state index >= 15 is 0 Å². The number of hydrogen-bond donors (Lipinski definition) is 2. The molecular weight excluding hydrogens is 404 g/mol. The number of aliphatic carboxylic acids is 1. The third-order valence-electron chi connectivity index (χ3n) is 5.18. The van der Waals surface area contributed by atoms with E-state index in [1.54, 1.807) is 0 Å². The molecule has 4 rings (SSSR count). The summed E-state index contributed by atoms with van der Waals surface area (Å²) in [5, 5.41) is 26.8. The number of aryl methyl sites for hydroxylation is 1. The molecule has 3 aromatic rings. The van der Waals surface area contributed by atoms with Crippen LogP contribution in [0, 0.1) is 17.0 Å². The SMILES string of the molecule is Cc1[nH]nc(N(CC(=O)O)C(=O)OCC2c3ccccc3-c3ccccc32)c1[N+](=O)[O-]. The van der Waals surface area contributed by atoms with Crippen LogP contribution in [0.4, 0.5) is 16.3 Å². The second-order valence-electron chi connectivity index (χ2n) is 7.06. The van der Waals surface area contributed by atoms with E-state index in [9.17, 15) is 24.8 Å². The van der Waals surface area contributed by atoms with Gasteiger partial charge in [-0.05, 0) is 29.2 Å². The van der Waals surface area contributed by atoms with Crippen LogP contribution in [0.15, 0.2) is 48.5 Å². The van der Waals surface area contributed by atoms with Gasteiger partial charge in [0, 0.05) is 5.92 Å². The molecule has 0 atom stereocenters. The van der Waals surface area contributed by atoms with E-state index < -0.39 is 35.0 Å². The molecule has 158 valence electrons. The predicted molar refractivity (Wildman–Crippen MR) is 110 cm³/mol. The standard InChI is InChI=1S/C21H18N4O6/c1-12-19(25(29)30)20(23-22-12)24(10-18(26)27)21(28)31-11-17-15-8-4-2-6-13(15)14-7-3-5-9-16(14)17/h2-9,17H,10-11H2,1H3,(H,22,23)(H,26,27). The summed E-state index contributed by atoms with van der Waals surface area (Å²) in [4.78, 5) is 35.4. The molecule has 0 spiro atoms. The minimum atomic E-state index is -1.36. The van der Waals surface area contributed by atoms with Gasteiger partial charge in [0.05, 0.1) is 4.92 Å². The predicted octanol–water partition coefficient (Wildman–Crippen LogP) is 3.47. The van der Waals surface area contributed by atoms with Gasteiger partial charge < -0.3 is 9.84 Å². The zero-order valence-corrected chi connectivity index (χ0v) is 16.4. The monoisotopic (exact) mass is 422 g/mol. The average molecular weight is 422 g/mol. The molecule has 0 bridgehead atoms. The lowest BCUT2D eigenvalue weighted by Crippen LogP contribution is -2.37. The van der Waals surface area contributed by atoms with Gasteiger partial charge in [0.25, 0.3) is 0 Å². The number of carboxylic acids is 1. The van der Waals surface area contributed by atoms with E-state index in [2.05, 4.69) is 10.2 Å². The van der Waals surface area contributed by atoms with Crippen LogP contribution < -0.4 is 4.90 Å². The Morgan fingerprint density at radius 2 is 1.74 bits per heavy atom. The minimum absolute atomic E-state index is 0.0554. The lowest BCUT2D eigenvalue weighted by Gasteiger charge is -2.20. The van der Waals surface area contributed by atoms with Crippen LogP contribution in [0.2, 0.25) is 0 Å². The highest BCUT2D eigenvalue weighted by atomic mass is 16.6. The first-order valence-electron chi connectivity index (χ1n) is 9.42. The van der Waals surface area contributed by atoms with Crippen LogP contribution in [-0.4, -0.2) is 45.4 Å². The maximum Gasteiger partial charge on any atom is 0.416 e. The van der Waals surface area contributed by atoms with Crippen LogP contribution in [-0.2, 0) is 9.53 Å². The van der Waals surface area contributed by atoms with E-state index in [0.29, 0.717) is 4.90 Å². The van der Waals surface area contributed by atoms with Crippen LogP contribution in [0.25, 0.3) is 11.1 Å². The maximum absolute atomic E-state index is 12.8. The Bertz CT molecular complexity index is 1140. The van der Waals surface area contributed by atoms with Crippen LogP contribution in [0.1, 0.15) is 22.7 Å². The van der Waals surface area contributed by atoms with Gasteiger partial charge >= 0.3 is 17.7 Å². The van der Waals surface area contributed by atoms with Crippen molar-refractivity contribution in [3.05, 3.63) is 75.5 Å². The Labute approximate surface area is 176 Å². The topological polar surface area (TPSA) is 139 Å². The van der Waals surface area contributed by atoms with Gasteiger partial charge in [-0.25, -0.2) is 9.69 Å². The van der Waals surface area contributed by atoms with E-state index in [1.807, 2.05) is 48.5 Å². The third-order valence-corrected chi connectivity index (χ3v) is 5.18. The number of aromatic amines is 1. The average Bonchev–Trinajstić information content (AvgIpc) is 3.28. The maximum atomic E-state index is 12.8. The largest absolute Gasteiger partial charge is 0.480 e. The molecule has 0 fully saturated rings. The summed E-state index contributed by atoms with van der Waals surface area (Å²) in [6.07, 6.45) is -1.03. The molecule has 0 unspecified atom stereocenters. The number of carbonyl (C=O) groups excluding carboxylic acids is 1. The Hall–Kier alpha value is -4.21. The molecule has 1 aliphatic carbocycles. The molecule has 1 aliphatic rings. The molecule has 0 saturated carbocycles. The number of carboxylic acid groups (broad SMARTS) is 1. The molecule has 0 radical (unpaired) electrons. The van der Waals surface area contributed by atoms with Crippen LogP contribution in [0.3, 0.4) is 0 Å². The molecule has 0 saturated heterocycles. The van der Waals surface area contributed by atoms with E-state index in [4.69, 9.17) is 4.74 Å². The number of nitrogens with zero attached hydrogens (tertiary/aromatic N) is 3. The smallest absolute Gasteiger partial charge is 0.416 e. The first kappa shape index (κ1) is 20.1. The highest BCUT2D eigenvalue weighted by Gasteiger charge is 2.34. The van der Waals surface area contributed by atoms with E-state index in [0.717, 1.165) is 22.3 Å². The fourth-order valence-corrected chi connectivity index (χ4v) is 3.85. The van der Waals surface area contributed by atoms with Gasteiger partial charge in [0.2, 0.25) is 5.82 Å². The summed E-state index contributed by atoms with van der Waals surface area (Å²) < 4.78 is 5.45. The first-order valence-corrected chi connectivity index (χ1v) is 9.42. The highest BCUT2D eigenvalue weighted by molar-refractivity contribution is 5.94. The molecule has 31 heavy (non-hydrogen) atoms. The number of hydrogen-bond acceptors (Lipinski definition) is 6. The summed E-state index contributed by atoms with van der Waals surface area (Å²) in [5.41, 5.74) is 3.68. The minimum Gasteiger partial charge on any atom is -0.480 e. The van der Waals surface area contributed by atoms with Crippen molar-refractivity contribution in [2.45, 2.75) is 12.8 Å². The Morgan fingerprint density at radius 1 is 1.16 bits per heavy atom. The Balaban J connectivity index is 1.61. The fraction of sp³-hybridized carbons (Fsp3) is 0.190. The number of benzene rings is 2. The zero-order chi connectivity index (χ0) is 22.1. The van der Waals surface area contributed by atoms with Gasteiger partial charge in [-0.1, -0.05) is 48.5 Å². The van der Waals surface area contributed by atoms with Crippen LogP contribution >= 0.6 is 0 Å². The number of ether oxygens (including phenoxy) is 1.